The lowest BCUT2D eigenvalue weighted by molar-refractivity contribution is 0.686. The molecule has 2 atom stereocenters. The molecular formula is C52H51NS. The van der Waals surface area contributed by atoms with Crippen molar-refractivity contribution in [1.82, 2.24) is 4.57 Å². The molecule has 0 N–H and O–H groups in total. The van der Waals surface area contributed by atoms with Crippen molar-refractivity contribution in [3.63, 3.8) is 0 Å². The van der Waals surface area contributed by atoms with Gasteiger partial charge in [-0.1, -0.05) is 161 Å². The van der Waals surface area contributed by atoms with Crippen LogP contribution in [0.25, 0.3) is 57.2 Å². The molecule has 270 valence electrons. The average Bonchev–Trinajstić information content (AvgIpc) is 3.50. The highest BCUT2D eigenvalue weighted by molar-refractivity contribution is 7.13. The number of allylic oxidation sites excluding steroid dienone is 7. The molecule has 0 saturated carbocycles. The molecule has 1 nitrogen and oxygen atoms in total. The predicted octanol–water partition coefficient (Wildman–Crippen LogP) is 15.3. The molecule has 4 aromatic carbocycles. The van der Waals surface area contributed by atoms with E-state index in [-0.39, 0.29) is 0 Å². The second kappa shape index (κ2) is 15.3. The highest BCUT2D eigenvalue weighted by Crippen LogP contribution is 2.49. The van der Waals surface area contributed by atoms with E-state index >= 15 is 0 Å². The van der Waals surface area contributed by atoms with Crippen LogP contribution in [0.4, 0.5) is 0 Å². The zero-order chi connectivity index (χ0) is 37.3. The molecular weight excluding hydrogens is 671 g/mol. The molecule has 4 aliphatic rings. The zero-order valence-corrected chi connectivity index (χ0v) is 33.4. The van der Waals surface area contributed by atoms with E-state index in [2.05, 4.69) is 158 Å². The maximum atomic E-state index is 2.60. The van der Waals surface area contributed by atoms with Gasteiger partial charge in [-0.15, -0.1) is 11.3 Å². The van der Waals surface area contributed by atoms with E-state index in [0.29, 0.717) is 11.8 Å². The summed E-state index contributed by atoms with van der Waals surface area (Å²) in [5.74, 6) is 0.740. The highest BCUT2D eigenvalue weighted by Gasteiger charge is 2.31. The SMILES string of the molecule is C/C=C(/c1ccccc1)c1sc2c(c1C)C=CCCC2C1=Cc2c(n(-c3ccc4ccc5c6c4c3C=CC6C=CC=C5)c3ccccc23)CC1.CC.CC. The van der Waals surface area contributed by atoms with Crippen molar-refractivity contribution in [3.8, 4) is 5.69 Å². The van der Waals surface area contributed by atoms with Crippen molar-refractivity contribution in [1.29, 1.82) is 0 Å². The molecule has 2 unspecified atom stereocenters. The smallest absolute Gasteiger partial charge is 0.0537 e. The Morgan fingerprint density at radius 1 is 0.778 bits per heavy atom. The molecule has 0 saturated heterocycles. The summed E-state index contributed by atoms with van der Waals surface area (Å²) in [5.41, 5.74) is 16.7. The maximum absolute atomic E-state index is 2.60. The van der Waals surface area contributed by atoms with Crippen LogP contribution in [0.5, 0.6) is 0 Å². The quantitative estimate of drug-likeness (QED) is 0.171. The summed E-state index contributed by atoms with van der Waals surface area (Å²) in [6.45, 7) is 12.5. The van der Waals surface area contributed by atoms with E-state index in [9.17, 15) is 0 Å². The first-order valence-electron chi connectivity index (χ1n) is 20.2. The van der Waals surface area contributed by atoms with Crippen molar-refractivity contribution >= 4 is 62.9 Å². The second-order valence-electron chi connectivity index (χ2n) is 14.2. The first-order chi connectivity index (χ1) is 26.7. The summed E-state index contributed by atoms with van der Waals surface area (Å²) in [5, 5.41) is 4.09. The largest absolute Gasteiger partial charge is 0.312 e. The van der Waals surface area contributed by atoms with Gasteiger partial charge in [-0.05, 0) is 95.8 Å². The molecule has 2 aromatic heterocycles. The molecule has 2 heteroatoms. The van der Waals surface area contributed by atoms with Gasteiger partial charge in [-0.25, -0.2) is 0 Å². The summed E-state index contributed by atoms with van der Waals surface area (Å²) < 4.78 is 2.60. The number of thiophene rings is 1. The third kappa shape index (κ3) is 5.83. The lowest BCUT2D eigenvalue weighted by Crippen LogP contribution is -2.11. The van der Waals surface area contributed by atoms with Crippen molar-refractivity contribution in [2.45, 2.75) is 79.1 Å². The monoisotopic (exact) mass is 721 g/mol. The van der Waals surface area contributed by atoms with Gasteiger partial charge in [0.1, 0.15) is 0 Å². The topological polar surface area (TPSA) is 4.93 Å². The van der Waals surface area contributed by atoms with Crippen molar-refractivity contribution < 1.29 is 0 Å². The predicted molar refractivity (Wildman–Crippen MR) is 239 cm³/mol. The molecule has 54 heavy (non-hydrogen) atoms. The first-order valence-corrected chi connectivity index (χ1v) is 21.0. The standard InChI is InChI=1S/C48H39NS.2C2H6/c1-3-36(31-13-5-4-6-14-31)47-30(2)37-17-9-10-18-38(48(37)50-47)35-25-28-44-41(29-35)39-19-11-12-20-42(39)49(44)43-27-24-34-22-21-32-15-7-8-16-33-23-26-40(43)46(34)45(32)33;2*1-2/h3-9,11-17,19-24,26-27,29,33,38H,10,18,25,28H2,1-2H3;2*1-2H3/b36-3-;;. The van der Waals surface area contributed by atoms with Crippen LogP contribution in [0.2, 0.25) is 0 Å². The lowest BCUT2D eigenvalue weighted by atomic mass is 9.82. The number of hydrogen-bond donors (Lipinski definition) is 0. The van der Waals surface area contributed by atoms with E-state index in [1.807, 2.05) is 39.0 Å². The molecule has 0 aliphatic heterocycles. The first kappa shape index (κ1) is 35.8. The van der Waals surface area contributed by atoms with Crippen LogP contribution in [0.3, 0.4) is 0 Å². The summed E-state index contributed by atoms with van der Waals surface area (Å²) >= 11 is 2.03. The molecule has 6 aromatic rings. The lowest BCUT2D eigenvalue weighted by Gasteiger charge is -2.26. The third-order valence-electron chi connectivity index (χ3n) is 11.5. The van der Waals surface area contributed by atoms with E-state index in [4.69, 9.17) is 0 Å². The van der Waals surface area contributed by atoms with Gasteiger partial charge < -0.3 is 4.57 Å². The highest BCUT2D eigenvalue weighted by atomic mass is 32.1. The number of fused-ring (bicyclic) bond motifs is 4. The molecule has 2 heterocycles. The van der Waals surface area contributed by atoms with Crippen LogP contribution in [0.15, 0.2) is 121 Å². The van der Waals surface area contributed by atoms with Crippen LogP contribution in [0, 0.1) is 6.92 Å². The van der Waals surface area contributed by atoms with Gasteiger partial charge in [0.25, 0.3) is 0 Å². The van der Waals surface area contributed by atoms with E-state index in [0.717, 1.165) is 25.7 Å². The van der Waals surface area contributed by atoms with Crippen LogP contribution >= 0.6 is 11.3 Å². The number of rotatable bonds is 4. The van der Waals surface area contributed by atoms with Gasteiger partial charge in [0.05, 0.1) is 11.2 Å². The van der Waals surface area contributed by atoms with Gasteiger partial charge in [0.15, 0.2) is 0 Å². The fraction of sp³-hybridized carbons (Fsp3) is 0.231. The number of aromatic nitrogens is 1. The van der Waals surface area contributed by atoms with Gasteiger partial charge >= 0.3 is 0 Å². The maximum Gasteiger partial charge on any atom is 0.0537 e. The molecule has 0 radical (unpaired) electrons. The Hall–Kier alpha value is -5.18. The Bertz CT molecular complexity index is 2560. The summed E-state index contributed by atoms with van der Waals surface area (Å²) in [6.07, 6.45) is 27.9. The third-order valence-corrected chi connectivity index (χ3v) is 13.0. The number of hydrogen-bond acceptors (Lipinski definition) is 1. The van der Waals surface area contributed by atoms with Crippen LogP contribution in [-0.2, 0) is 6.42 Å². The average molecular weight is 722 g/mol. The fourth-order valence-corrected chi connectivity index (χ4v) is 10.8. The molecule has 0 amide bonds. The molecule has 0 bridgehead atoms. The Labute approximate surface area is 326 Å². The number of para-hydroxylation sites is 1. The van der Waals surface area contributed by atoms with Crippen LogP contribution in [0.1, 0.15) is 120 Å². The van der Waals surface area contributed by atoms with Crippen molar-refractivity contribution in [3.05, 3.63) is 175 Å². The Morgan fingerprint density at radius 2 is 1.57 bits per heavy atom. The van der Waals surface area contributed by atoms with Gasteiger partial charge in [-0.2, -0.15) is 0 Å². The van der Waals surface area contributed by atoms with Gasteiger partial charge in [0, 0.05) is 43.8 Å². The molecule has 0 spiro atoms. The molecule has 0 fully saturated rings. The number of benzene rings is 4. The molecule has 4 aliphatic carbocycles. The zero-order valence-electron chi connectivity index (χ0n) is 32.6. The molecule has 10 rings (SSSR count). The van der Waals surface area contributed by atoms with Crippen LogP contribution in [-0.4, -0.2) is 4.57 Å². The van der Waals surface area contributed by atoms with E-state index < -0.39 is 0 Å². The van der Waals surface area contributed by atoms with E-state index in [1.165, 1.54) is 82.5 Å². The van der Waals surface area contributed by atoms with Gasteiger partial charge in [0.2, 0.25) is 0 Å². The van der Waals surface area contributed by atoms with Crippen molar-refractivity contribution in [2.24, 2.45) is 0 Å². The van der Waals surface area contributed by atoms with Crippen LogP contribution < -0.4 is 0 Å². The minimum absolute atomic E-state index is 0.309. The van der Waals surface area contributed by atoms with E-state index in [1.54, 1.807) is 10.5 Å². The minimum Gasteiger partial charge on any atom is -0.312 e. The normalized spacial score (nSPS) is 17.8. The Balaban J connectivity index is 0.00000100. The Kier molecular flexibility index (Phi) is 10.1. The fourth-order valence-electron chi connectivity index (χ4n) is 9.21. The number of nitrogens with zero attached hydrogens (tertiary/aromatic N) is 1. The Morgan fingerprint density at radius 3 is 2.41 bits per heavy atom. The summed E-state index contributed by atoms with van der Waals surface area (Å²) in [7, 11) is 0. The van der Waals surface area contributed by atoms with Gasteiger partial charge in [-0.3, -0.25) is 0 Å². The second-order valence-corrected chi connectivity index (χ2v) is 15.2. The minimum atomic E-state index is 0.309. The summed E-state index contributed by atoms with van der Waals surface area (Å²) in [4.78, 5) is 2.96. The summed E-state index contributed by atoms with van der Waals surface area (Å²) in [6, 6.07) is 29.3. The van der Waals surface area contributed by atoms with Crippen molar-refractivity contribution in [2.75, 3.05) is 0 Å².